The number of hydrogen-bond acceptors (Lipinski definition) is 6. The van der Waals surface area contributed by atoms with E-state index in [1.54, 1.807) is 24.3 Å². The van der Waals surface area contributed by atoms with Gasteiger partial charge in [-0.2, -0.15) is 0 Å². The van der Waals surface area contributed by atoms with Gasteiger partial charge in [0, 0.05) is 39.3 Å². The van der Waals surface area contributed by atoms with Crippen molar-refractivity contribution in [1.82, 2.24) is 0 Å². The monoisotopic (exact) mass is 569 g/mol. The van der Waals surface area contributed by atoms with E-state index in [2.05, 4.69) is 9.98 Å². The number of phenolic OH excluding ortho intramolecular Hbond substituents is 2. The molecule has 7 heteroatoms. The van der Waals surface area contributed by atoms with Crippen molar-refractivity contribution in [2.75, 3.05) is 13.2 Å². The minimum atomic E-state index is 0. The molecule has 0 aromatic heterocycles. The van der Waals surface area contributed by atoms with E-state index >= 15 is 0 Å². The van der Waals surface area contributed by atoms with E-state index < -0.39 is 0 Å². The first-order valence-corrected chi connectivity index (χ1v) is 12.5. The summed E-state index contributed by atoms with van der Waals surface area (Å²) in [6.45, 7) is 8.97. The summed E-state index contributed by atoms with van der Waals surface area (Å²) in [5.41, 5.74) is 4.73. The third-order valence-electron chi connectivity index (χ3n) is 5.48. The number of benzene rings is 4. The van der Waals surface area contributed by atoms with Crippen molar-refractivity contribution in [2.45, 2.75) is 27.7 Å². The quantitative estimate of drug-likeness (QED) is 0.212. The van der Waals surface area contributed by atoms with Crippen LogP contribution in [0.15, 0.2) is 107 Å². The number of nitrogens with zero attached hydrogens (tertiary/aromatic N) is 2. The molecule has 0 aliphatic rings. The van der Waals surface area contributed by atoms with E-state index in [1.807, 2.05) is 100 Å². The fraction of sp³-hybridized carbons (Fsp3) is 0.188. The first kappa shape index (κ1) is 31.1. The summed E-state index contributed by atoms with van der Waals surface area (Å²) in [7, 11) is 0. The molecule has 0 bridgehead atoms. The first-order chi connectivity index (χ1) is 18.4. The minimum Gasteiger partial charge on any atom is -0.507 e. The summed E-state index contributed by atoms with van der Waals surface area (Å²) in [5.74, 6) is 2.16. The van der Waals surface area contributed by atoms with Crippen molar-refractivity contribution in [1.29, 1.82) is 0 Å². The van der Waals surface area contributed by atoms with Crippen molar-refractivity contribution in [3.05, 3.63) is 108 Å². The zero-order valence-electron chi connectivity index (χ0n) is 22.6. The van der Waals surface area contributed by atoms with Crippen molar-refractivity contribution >= 4 is 22.8 Å². The minimum absolute atomic E-state index is 0. The molecule has 205 valence electrons. The molecule has 0 unspecified atom stereocenters. The van der Waals surface area contributed by atoms with E-state index in [9.17, 15) is 10.2 Å². The number of ether oxygens (including phenoxy) is 2. The number of aromatic hydroxyl groups is 2. The summed E-state index contributed by atoms with van der Waals surface area (Å²) in [4.78, 5) is 8.98. The zero-order chi connectivity index (χ0) is 27.3. The Morgan fingerprint density at radius 2 is 0.897 bits per heavy atom. The number of para-hydroxylation sites is 2. The van der Waals surface area contributed by atoms with Gasteiger partial charge in [0.2, 0.25) is 0 Å². The maximum atomic E-state index is 9.77. The van der Waals surface area contributed by atoms with Crippen LogP contribution in [-0.4, -0.2) is 34.9 Å². The number of hydrogen-bond donors (Lipinski definition) is 2. The van der Waals surface area contributed by atoms with E-state index in [4.69, 9.17) is 9.47 Å². The Bertz CT molecular complexity index is 1260. The topological polar surface area (TPSA) is 83.6 Å². The second kappa shape index (κ2) is 16.0. The maximum Gasteiger partial charge on any atom is 0.124 e. The molecule has 39 heavy (non-hydrogen) atoms. The molecule has 2 N–H and O–H groups in total. The molecule has 1 radical (unpaired) electrons. The Morgan fingerprint density at radius 1 is 0.564 bits per heavy atom. The van der Waals surface area contributed by atoms with Crippen LogP contribution < -0.4 is 9.47 Å². The Kier molecular flexibility index (Phi) is 12.8. The van der Waals surface area contributed by atoms with Gasteiger partial charge in [-0.25, -0.2) is 0 Å². The molecule has 4 rings (SSSR count). The fourth-order valence-corrected chi connectivity index (χ4v) is 3.63. The summed E-state index contributed by atoms with van der Waals surface area (Å²) in [6.07, 6.45) is 0. The van der Waals surface area contributed by atoms with Crippen LogP contribution in [-0.2, 0) is 16.8 Å². The summed E-state index contributed by atoms with van der Waals surface area (Å²) in [5, 5.41) is 19.5. The average molecular weight is 570 g/mol. The molecular formula is C32H34CoN2O4. The van der Waals surface area contributed by atoms with E-state index in [-0.39, 0.29) is 28.3 Å². The van der Waals surface area contributed by atoms with Crippen LogP contribution >= 0.6 is 0 Å². The number of phenols is 2. The molecule has 0 fully saturated rings. The summed E-state index contributed by atoms with van der Waals surface area (Å²) in [6, 6.07) is 29.5. The number of aliphatic imine (C=N–C) groups is 2. The van der Waals surface area contributed by atoms with Crippen molar-refractivity contribution in [3.63, 3.8) is 0 Å². The van der Waals surface area contributed by atoms with Crippen LogP contribution in [0, 0.1) is 0 Å². The standard InChI is InChI=1S/2C16H17NO2.Co/c2*1-3-19-14-10-8-13(9-11-14)17-12(2)15-6-4-5-7-16(15)18;/h2*4-11,18H,3H2,1-2H3;. The SMILES string of the molecule is CCOc1ccc(N=C(C)c2ccccc2O)cc1.CCOc1ccc(N=C(C)c2ccccc2O)cc1.[Co]. The van der Waals surface area contributed by atoms with Gasteiger partial charge in [0.15, 0.2) is 0 Å². The Hall–Kier alpha value is -4.07. The van der Waals surface area contributed by atoms with Gasteiger partial charge < -0.3 is 19.7 Å². The molecule has 4 aromatic rings. The van der Waals surface area contributed by atoms with E-state index in [0.717, 1.165) is 45.4 Å². The van der Waals surface area contributed by atoms with Crippen LogP contribution in [0.25, 0.3) is 0 Å². The van der Waals surface area contributed by atoms with E-state index in [1.165, 1.54) is 0 Å². The molecule has 0 heterocycles. The summed E-state index contributed by atoms with van der Waals surface area (Å²) >= 11 is 0. The maximum absolute atomic E-state index is 9.77. The van der Waals surface area contributed by atoms with Crippen LogP contribution in [0.5, 0.6) is 23.0 Å². The third kappa shape index (κ3) is 9.63. The third-order valence-corrected chi connectivity index (χ3v) is 5.48. The number of rotatable bonds is 8. The molecule has 0 aliphatic carbocycles. The predicted octanol–water partition coefficient (Wildman–Crippen LogP) is 7.86. The molecule has 6 nitrogen and oxygen atoms in total. The van der Waals surface area contributed by atoms with Gasteiger partial charge >= 0.3 is 0 Å². The smallest absolute Gasteiger partial charge is 0.124 e. The molecule has 4 aromatic carbocycles. The molecule has 0 amide bonds. The molecule has 0 saturated heterocycles. The molecule has 0 saturated carbocycles. The molecule has 0 atom stereocenters. The second-order valence-electron chi connectivity index (χ2n) is 8.28. The second-order valence-corrected chi connectivity index (χ2v) is 8.28. The van der Waals surface area contributed by atoms with Gasteiger partial charge in [0.1, 0.15) is 23.0 Å². The van der Waals surface area contributed by atoms with Gasteiger partial charge in [-0.15, -0.1) is 0 Å². The summed E-state index contributed by atoms with van der Waals surface area (Å²) < 4.78 is 10.8. The van der Waals surface area contributed by atoms with Crippen molar-refractivity contribution < 1.29 is 36.5 Å². The largest absolute Gasteiger partial charge is 0.507 e. The first-order valence-electron chi connectivity index (χ1n) is 12.5. The normalized spacial score (nSPS) is 11.1. The van der Waals surface area contributed by atoms with Gasteiger partial charge in [-0.1, -0.05) is 24.3 Å². The molecule has 0 aliphatic heterocycles. The average Bonchev–Trinajstić information content (AvgIpc) is 2.92. The van der Waals surface area contributed by atoms with Crippen LogP contribution in [0.3, 0.4) is 0 Å². The molecular weight excluding hydrogens is 535 g/mol. The Balaban J connectivity index is 0.000000267. The van der Waals surface area contributed by atoms with Crippen molar-refractivity contribution in [2.24, 2.45) is 9.98 Å². The predicted molar refractivity (Wildman–Crippen MR) is 155 cm³/mol. The van der Waals surface area contributed by atoms with Gasteiger partial charge in [-0.05, 0) is 100 Å². The molecule has 0 spiro atoms. The van der Waals surface area contributed by atoms with Crippen LogP contribution in [0.1, 0.15) is 38.8 Å². The Labute approximate surface area is 240 Å². The van der Waals surface area contributed by atoms with E-state index in [0.29, 0.717) is 13.2 Å². The van der Waals surface area contributed by atoms with Crippen LogP contribution in [0.2, 0.25) is 0 Å². The van der Waals surface area contributed by atoms with Gasteiger partial charge in [-0.3, -0.25) is 9.98 Å². The Morgan fingerprint density at radius 3 is 1.21 bits per heavy atom. The van der Waals surface area contributed by atoms with Crippen LogP contribution in [0.4, 0.5) is 11.4 Å². The zero-order valence-corrected chi connectivity index (χ0v) is 23.6. The van der Waals surface area contributed by atoms with Crippen molar-refractivity contribution in [3.8, 4) is 23.0 Å². The fourth-order valence-electron chi connectivity index (χ4n) is 3.63. The van der Waals surface area contributed by atoms with Gasteiger partial charge in [0.05, 0.1) is 24.6 Å². The van der Waals surface area contributed by atoms with Gasteiger partial charge in [0.25, 0.3) is 0 Å².